The topological polar surface area (TPSA) is 61.4 Å². The van der Waals surface area contributed by atoms with Crippen LogP contribution in [-0.2, 0) is 15.1 Å². The van der Waals surface area contributed by atoms with E-state index in [1.54, 1.807) is 0 Å². The Balaban J connectivity index is 1.75. The number of nitrogens with one attached hydrogen (secondary N) is 2. The smallest absolute Gasteiger partial charge is 0.237 e. The zero-order chi connectivity index (χ0) is 21.0. The van der Waals surface area contributed by atoms with Gasteiger partial charge in [0.25, 0.3) is 0 Å². The van der Waals surface area contributed by atoms with Crippen LogP contribution >= 0.6 is 0 Å². The Morgan fingerprint density at radius 1 is 1.21 bits per heavy atom. The van der Waals surface area contributed by atoms with E-state index in [1.807, 2.05) is 45.9 Å². The van der Waals surface area contributed by atoms with Gasteiger partial charge in [0, 0.05) is 19.6 Å². The minimum Gasteiger partial charge on any atom is -0.353 e. The summed E-state index contributed by atoms with van der Waals surface area (Å²) in [6.45, 7) is 10.1. The van der Waals surface area contributed by atoms with Crippen LogP contribution in [0.15, 0.2) is 54.1 Å². The Hall–Kier alpha value is -2.66. The lowest BCUT2D eigenvalue weighted by atomic mass is 9.89. The second-order valence-electron chi connectivity index (χ2n) is 8.49. The Kier molecular flexibility index (Phi) is 6.38. The van der Waals surface area contributed by atoms with E-state index >= 15 is 0 Å². The summed E-state index contributed by atoms with van der Waals surface area (Å²) in [6.07, 6.45) is 2.25. The molecule has 0 radical (unpaired) electrons. The number of carbonyl (C=O) groups is 2. The monoisotopic (exact) mass is 393 g/mol. The Morgan fingerprint density at radius 2 is 1.93 bits per heavy atom. The van der Waals surface area contributed by atoms with Crippen LogP contribution in [0.3, 0.4) is 0 Å². The van der Waals surface area contributed by atoms with E-state index < -0.39 is 11.6 Å². The number of nitrogens with zero attached hydrogens (tertiary/aromatic N) is 1. The molecule has 0 unspecified atom stereocenters. The molecule has 0 bridgehead atoms. The zero-order valence-electron chi connectivity index (χ0n) is 17.8. The van der Waals surface area contributed by atoms with Gasteiger partial charge in [0.2, 0.25) is 11.8 Å². The molecule has 29 heavy (non-hydrogen) atoms. The molecule has 3 rings (SSSR count). The van der Waals surface area contributed by atoms with Gasteiger partial charge in [-0.25, -0.2) is 0 Å². The summed E-state index contributed by atoms with van der Waals surface area (Å²) in [6, 6.07) is 13.9. The predicted octanol–water partition coefficient (Wildman–Crippen LogP) is 3.35. The summed E-state index contributed by atoms with van der Waals surface area (Å²) < 4.78 is 0. The molecule has 1 aliphatic rings. The Morgan fingerprint density at radius 3 is 2.69 bits per heavy atom. The lowest BCUT2D eigenvalue weighted by Gasteiger charge is -2.35. The number of fused-ring (bicyclic) bond motifs is 1. The average Bonchev–Trinajstić information content (AvgIpc) is 2.67. The molecular formula is C24H31N3O2. The van der Waals surface area contributed by atoms with E-state index in [4.69, 9.17) is 0 Å². The normalized spacial score (nSPS) is 17.7. The first-order chi connectivity index (χ1) is 13.8. The molecule has 1 atom stereocenters. The molecule has 0 aliphatic carbocycles. The molecule has 1 aliphatic heterocycles. The lowest BCUT2D eigenvalue weighted by molar-refractivity contribution is -0.134. The van der Waals surface area contributed by atoms with Crippen LogP contribution in [0.4, 0.5) is 0 Å². The number of allylic oxidation sites excluding steroid dienone is 1. The summed E-state index contributed by atoms with van der Waals surface area (Å²) in [7, 11) is 0. The van der Waals surface area contributed by atoms with E-state index in [-0.39, 0.29) is 18.2 Å². The third kappa shape index (κ3) is 5.04. The number of piperazine rings is 1. The summed E-state index contributed by atoms with van der Waals surface area (Å²) >= 11 is 0. The van der Waals surface area contributed by atoms with Crippen molar-refractivity contribution in [2.75, 3.05) is 19.6 Å². The molecule has 154 valence electrons. The quantitative estimate of drug-likeness (QED) is 0.740. The van der Waals surface area contributed by atoms with Crippen molar-refractivity contribution in [3.8, 4) is 0 Å². The highest BCUT2D eigenvalue weighted by atomic mass is 16.2. The first kappa shape index (κ1) is 21.1. The minimum atomic E-state index is -0.548. The van der Waals surface area contributed by atoms with Gasteiger partial charge in [-0.15, -0.1) is 0 Å². The molecule has 0 spiro atoms. The number of rotatable bonds is 6. The second kappa shape index (κ2) is 8.78. The fourth-order valence-corrected chi connectivity index (χ4v) is 3.92. The summed E-state index contributed by atoms with van der Waals surface area (Å²) in [5.41, 5.74) is 1.73. The van der Waals surface area contributed by atoms with Crippen molar-refractivity contribution in [2.45, 2.75) is 45.7 Å². The van der Waals surface area contributed by atoms with Gasteiger partial charge in [0.05, 0.1) is 18.0 Å². The number of benzene rings is 2. The Labute approximate surface area is 173 Å². The van der Waals surface area contributed by atoms with Crippen molar-refractivity contribution in [2.24, 2.45) is 0 Å². The van der Waals surface area contributed by atoms with Gasteiger partial charge in [-0.1, -0.05) is 54.1 Å². The molecule has 2 N–H and O–H groups in total. The first-order valence-electron chi connectivity index (χ1n) is 10.2. The van der Waals surface area contributed by atoms with Gasteiger partial charge in [-0.3, -0.25) is 14.5 Å². The molecule has 1 saturated heterocycles. The van der Waals surface area contributed by atoms with Gasteiger partial charge in [0.15, 0.2) is 0 Å². The van der Waals surface area contributed by atoms with Crippen molar-refractivity contribution < 1.29 is 9.59 Å². The number of hydrogen-bond donors (Lipinski definition) is 2. The fraction of sp³-hybridized carbons (Fsp3) is 0.417. The minimum absolute atomic E-state index is 0.0727. The second-order valence-corrected chi connectivity index (χ2v) is 8.49. The van der Waals surface area contributed by atoms with E-state index in [2.05, 4.69) is 45.9 Å². The molecule has 0 aromatic heterocycles. The van der Waals surface area contributed by atoms with Crippen molar-refractivity contribution in [3.05, 3.63) is 59.7 Å². The largest absolute Gasteiger partial charge is 0.353 e. The molecule has 2 aromatic rings. The maximum absolute atomic E-state index is 12.9. The van der Waals surface area contributed by atoms with Crippen LogP contribution in [0.1, 0.15) is 39.7 Å². The van der Waals surface area contributed by atoms with Crippen molar-refractivity contribution in [3.63, 3.8) is 0 Å². The fourth-order valence-electron chi connectivity index (χ4n) is 3.92. The van der Waals surface area contributed by atoms with Gasteiger partial charge in [0.1, 0.15) is 0 Å². The molecule has 0 saturated carbocycles. The van der Waals surface area contributed by atoms with E-state index in [0.717, 1.165) is 22.9 Å². The maximum atomic E-state index is 12.9. The standard InChI is InChI=1S/C24H31N3O2/c1-17(2)12-14-27-15-13-25-23(29)21(27)16-22(28)26-24(3,4)20-11-7-9-18-8-5-6-10-19(18)20/h5-12,21H,13-16H2,1-4H3,(H,25,29)(H,26,28)/t21-/m1/s1. The van der Waals surface area contributed by atoms with Gasteiger partial charge < -0.3 is 10.6 Å². The summed E-state index contributed by atoms with van der Waals surface area (Å²) in [5.74, 6) is -0.191. The van der Waals surface area contributed by atoms with E-state index in [1.165, 1.54) is 5.57 Å². The average molecular weight is 394 g/mol. The molecule has 2 aromatic carbocycles. The van der Waals surface area contributed by atoms with Crippen LogP contribution in [0.5, 0.6) is 0 Å². The van der Waals surface area contributed by atoms with Gasteiger partial charge in [-0.2, -0.15) is 0 Å². The maximum Gasteiger partial charge on any atom is 0.237 e. The number of carbonyl (C=O) groups excluding carboxylic acids is 2. The van der Waals surface area contributed by atoms with Crippen molar-refractivity contribution >= 4 is 22.6 Å². The van der Waals surface area contributed by atoms with E-state index in [9.17, 15) is 9.59 Å². The first-order valence-corrected chi connectivity index (χ1v) is 10.2. The summed E-state index contributed by atoms with van der Waals surface area (Å²) in [5, 5.41) is 8.32. The molecule has 2 amide bonds. The highest BCUT2D eigenvalue weighted by Gasteiger charge is 2.33. The van der Waals surface area contributed by atoms with Crippen LogP contribution in [0.2, 0.25) is 0 Å². The molecule has 1 fully saturated rings. The summed E-state index contributed by atoms with van der Waals surface area (Å²) in [4.78, 5) is 27.5. The van der Waals surface area contributed by atoms with E-state index in [0.29, 0.717) is 13.1 Å². The number of hydrogen-bond acceptors (Lipinski definition) is 3. The molecule has 5 nitrogen and oxygen atoms in total. The number of amides is 2. The van der Waals surface area contributed by atoms with Crippen LogP contribution in [0.25, 0.3) is 10.8 Å². The third-order valence-corrected chi connectivity index (χ3v) is 5.47. The molecular weight excluding hydrogens is 362 g/mol. The highest BCUT2D eigenvalue weighted by Crippen LogP contribution is 2.28. The highest BCUT2D eigenvalue weighted by molar-refractivity contribution is 5.90. The molecule has 5 heteroatoms. The van der Waals surface area contributed by atoms with Crippen LogP contribution < -0.4 is 10.6 Å². The predicted molar refractivity (Wildman–Crippen MR) is 118 cm³/mol. The third-order valence-electron chi connectivity index (χ3n) is 5.47. The van der Waals surface area contributed by atoms with Crippen molar-refractivity contribution in [1.82, 2.24) is 15.5 Å². The Bertz CT molecular complexity index is 923. The molecule has 1 heterocycles. The van der Waals surface area contributed by atoms with Crippen LogP contribution in [0, 0.1) is 0 Å². The van der Waals surface area contributed by atoms with Gasteiger partial charge in [-0.05, 0) is 44.0 Å². The SMILES string of the molecule is CC(C)=CCN1CCNC(=O)[C@H]1CC(=O)NC(C)(C)c1cccc2ccccc12. The lowest BCUT2D eigenvalue weighted by Crippen LogP contribution is -2.57. The zero-order valence-corrected chi connectivity index (χ0v) is 17.8. The van der Waals surface area contributed by atoms with Crippen LogP contribution in [-0.4, -0.2) is 42.4 Å². The van der Waals surface area contributed by atoms with Crippen molar-refractivity contribution in [1.29, 1.82) is 0 Å². The van der Waals surface area contributed by atoms with Gasteiger partial charge >= 0.3 is 0 Å².